The Morgan fingerprint density at radius 2 is 1.19 bits per heavy atom. The summed E-state index contributed by atoms with van der Waals surface area (Å²) >= 11 is 0. The average Bonchev–Trinajstić information content (AvgIpc) is 3.10. The van der Waals surface area contributed by atoms with Gasteiger partial charge >= 0.3 is 0 Å². The molecule has 0 aromatic carbocycles. The third-order valence-corrected chi connectivity index (χ3v) is 6.88. The maximum atomic E-state index is 12.4. The lowest BCUT2D eigenvalue weighted by atomic mass is 9.85. The van der Waals surface area contributed by atoms with Crippen molar-refractivity contribution in [3.05, 3.63) is 0 Å². The molecule has 0 saturated heterocycles. The van der Waals surface area contributed by atoms with Crippen LogP contribution in [0.15, 0.2) is 0 Å². The van der Waals surface area contributed by atoms with E-state index in [0.29, 0.717) is 6.04 Å². The molecule has 3 saturated carbocycles. The summed E-state index contributed by atoms with van der Waals surface area (Å²) in [5.74, 6) is 0.831. The van der Waals surface area contributed by atoms with Crippen LogP contribution in [0.2, 0.25) is 0 Å². The van der Waals surface area contributed by atoms with Gasteiger partial charge in [-0.15, -0.1) is 0 Å². The van der Waals surface area contributed by atoms with Crippen LogP contribution in [0.1, 0.15) is 89.9 Å². The molecule has 3 aliphatic rings. The molecule has 27 heavy (non-hydrogen) atoms. The SMILES string of the molecule is O=C(NCCNC1CCCCCC1)C1CCC(NC(=O)C2CCCC2)CC1. The van der Waals surface area contributed by atoms with Crippen molar-refractivity contribution in [2.75, 3.05) is 13.1 Å². The summed E-state index contributed by atoms with van der Waals surface area (Å²) in [6.45, 7) is 1.61. The number of hydrogen-bond donors (Lipinski definition) is 3. The van der Waals surface area contributed by atoms with Gasteiger partial charge in [-0.25, -0.2) is 0 Å². The monoisotopic (exact) mass is 377 g/mol. The van der Waals surface area contributed by atoms with Gasteiger partial charge in [0.05, 0.1) is 0 Å². The molecule has 0 unspecified atom stereocenters. The van der Waals surface area contributed by atoms with Crippen LogP contribution in [0.4, 0.5) is 0 Å². The number of carbonyl (C=O) groups is 2. The standard InChI is InChI=1S/C22H39N3O2/c26-21(24-16-15-23-19-9-3-1-2-4-10-19)18-11-13-20(14-12-18)25-22(27)17-7-5-6-8-17/h17-20,23H,1-16H2,(H,24,26)(H,25,27). The van der Waals surface area contributed by atoms with Gasteiger partial charge in [-0.1, -0.05) is 38.5 Å². The number of hydrogen-bond acceptors (Lipinski definition) is 3. The summed E-state index contributed by atoms with van der Waals surface area (Å²) in [4.78, 5) is 24.7. The van der Waals surface area contributed by atoms with Gasteiger partial charge in [0.2, 0.25) is 11.8 Å². The first kappa shape index (κ1) is 20.6. The highest BCUT2D eigenvalue weighted by Gasteiger charge is 2.29. The van der Waals surface area contributed by atoms with E-state index in [-0.39, 0.29) is 29.7 Å². The van der Waals surface area contributed by atoms with Gasteiger partial charge in [-0.3, -0.25) is 9.59 Å². The van der Waals surface area contributed by atoms with Gasteiger partial charge in [-0.2, -0.15) is 0 Å². The Bertz CT molecular complexity index is 460. The molecule has 0 heterocycles. The normalized spacial score (nSPS) is 27.9. The van der Waals surface area contributed by atoms with E-state index in [2.05, 4.69) is 16.0 Å². The first-order chi connectivity index (χ1) is 13.2. The summed E-state index contributed by atoms with van der Waals surface area (Å²) < 4.78 is 0. The lowest BCUT2D eigenvalue weighted by Gasteiger charge is -2.29. The van der Waals surface area contributed by atoms with Crippen LogP contribution >= 0.6 is 0 Å². The minimum Gasteiger partial charge on any atom is -0.355 e. The second-order valence-electron chi connectivity index (χ2n) is 8.97. The summed E-state index contributed by atoms with van der Waals surface area (Å²) in [5, 5.41) is 9.97. The Balaban J connectivity index is 1.26. The summed E-state index contributed by atoms with van der Waals surface area (Å²) in [7, 11) is 0. The minimum atomic E-state index is 0.127. The van der Waals surface area contributed by atoms with Crippen LogP contribution in [-0.2, 0) is 9.59 Å². The number of nitrogens with one attached hydrogen (secondary N) is 3. The fourth-order valence-electron chi connectivity index (χ4n) is 5.10. The zero-order valence-electron chi connectivity index (χ0n) is 16.9. The lowest BCUT2D eigenvalue weighted by Crippen LogP contribution is -2.43. The highest BCUT2D eigenvalue weighted by Crippen LogP contribution is 2.27. The Morgan fingerprint density at radius 3 is 1.85 bits per heavy atom. The second-order valence-corrected chi connectivity index (χ2v) is 8.97. The third-order valence-electron chi connectivity index (χ3n) is 6.88. The number of amides is 2. The first-order valence-corrected chi connectivity index (χ1v) is 11.5. The van der Waals surface area contributed by atoms with Gasteiger partial charge in [0.25, 0.3) is 0 Å². The van der Waals surface area contributed by atoms with E-state index >= 15 is 0 Å². The van der Waals surface area contributed by atoms with Gasteiger partial charge in [0.1, 0.15) is 0 Å². The Kier molecular flexibility index (Phi) is 8.43. The highest BCUT2D eigenvalue weighted by atomic mass is 16.2. The van der Waals surface area contributed by atoms with Crippen molar-refractivity contribution in [3.8, 4) is 0 Å². The maximum absolute atomic E-state index is 12.4. The maximum Gasteiger partial charge on any atom is 0.223 e. The van der Waals surface area contributed by atoms with Gasteiger partial charge in [-0.05, 0) is 51.4 Å². The largest absolute Gasteiger partial charge is 0.355 e. The summed E-state index contributed by atoms with van der Waals surface area (Å²) in [6, 6.07) is 0.919. The molecular weight excluding hydrogens is 338 g/mol. The fourth-order valence-corrected chi connectivity index (χ4v) is 5.10. The van der Waals surface area contributed by atoms with E-state index in [1.165, 1.54) is 51.4 Å². The van der Waals surface area contributed by atoms with E-state index < -0.39 is 0 Å². The topological polar surface area (TPSA) is 70.2 Å². The van der Waals surface area contributed by atoms with Crippen molar-refractivity contribution in [1.29, 1.82) is 0 Å². The molecule has 0 aromatic heterocycles. The molecule has 0 aliphatic heterocycles. The van der Waals surface area contributed by atoms with Crippen LogP contribution in [0, 0.1) is 11.8 Å². The molecule has 3 aliphatic carbocycles. The Hall–Kier alpha value is -1.10. The van der Waals surface area contributed by atoms with E-state index in [1.54, 1.807) is 0 Å². The molecule has 154 valence electrons. The van der Waals surface area contributed by atoms with E-state index in [1.807, 2.05) is 0 Å². The fraction of sp³-hybridized carbons (Fsp3) is 0.909. The zero-order valence-corrected chi connectivity index (χ0v) is 16.9. The number of carbonyl (C=O) groups excluding carboxylic acids is 2. The van der Waals surface area contributed by atoms with Gasteiger partial charge in [0.15, 0.2) is 0 Å². The van der Waals surface area contributed by atoms with Crippen LogP contribution in [0.3, 0.4) is 0 Å². The Morgan fingerprint density at radius 1 is 0.593 bits per heavy atom. The molecule has 3 fully saturated rings. The summed E-state index contributed by atoms with van der Waals surface area (Å²) in [5.41, 5.74) is 0. The van der Waals surface area contributed by atoms with Crippen LogP contribution in [0.5, 0.6) is 0 Å². The quantitative estimate of drug-likeness (QED) is 0.471. The van der Waals surface area contributed by atoms with Crippen molar-refractivity contribution < 1.29 is 9.59 Å². The second kappa shape index (κ2) is 11.0. The summed E-state index contributed by atoms with van der Waals surface area (Å²) in [6.07, 6.45) is 16.2. The molecule has 2 amide bonds. The molecule has 3 N–H and O–H groups in total. The molecule has 5 heteroatoms. The molecule has 5 nitrogen and oxygen atoms in total. The van der Waals surface area contributed by atoms with Crippen LogP contribution in [0.25, 0.3) is 0 Å². The van der Waals surface area contributed by atoms with E-state index in [0.717, 1.165) is 51.6 Å². The molecular formula is C22H39N3O2. The zero-order chi connectivity index (χ0) is 18.9. The smallest absolute Gasteiger partial charge is 0.223 e. The minimum absolute atomic E-state index is 0.127. The van der Waals surface area contributed by atoms with Crippen molar-refractivity contribution >= 4 is 11.8 Å². The lowest BCUT2D eigenvalue weighted by molar-refractivity contribution is -0.126. The van der Waals surface area contributed by atoms with Crippen molar-refractivity contribution in [3.63, 3.8) is 0 Å². The average molecular weight is 378 g/mol. The predicted octanol–water partition coefficient (Wildman–Crippen LogP) is 3.28. The third kappa shape index (κ3) is 6.78. The van der Waals surface area contributed by atoms with Gasteiger partial charge in [0, 0.05) is 37.0 Å². The molecule has 0 spiro atoms. The van der Waals surface area contributed by atoms with E-state index in [4.69, 9.17) is 0 Å². The van der Waals surface area contributed by atoms with Crippen LogP contribution < -0.4 is 16.0 Å². The predicted molar refractivity (Wildman–Crippen MR) is 108 cm³/mol. The van der Waals surface area contributed by atoms with Gasteiger partial charge < -0.3 is 16.0 Å². The van der Waals surface area contributed by atoms with Crippen molar-refractivity contribution in [2.45, 2.75) is 102 Å². The molecule has 3 rings (SSSR count). The van der Waals surface area contributed by atoms with Crippen molar-refractivity contribution in [1.82, 2.24) is 16.0 Å². The van der Waals surface area contributed by atoms with Crippen molar-refractivity contribution in [2.24, 2.45) is 11.8 Å². The molecule has 0 radical (unpaired) electrons. The molecule has 0 atom stereocenters. The highest BCUT2D eigenvalue weighted by molar-refractivity contribution is 5.80. The first-order valence-electron chi connectivity index (χ1n) is 11.5. The molecule has 0 bridgehead atoms. The van der Waals surface area contributed by atoms with Crippen LogP contribution in [-0.4, -0.2) is 37.0 Å². The number of rotatable bonds is 7. The van der Waals surface area contributed by atoms with E-state index in [9.17, 15) is 9.59 Å². The molecule has 0 aromatic rings. The Labute approximate surface area is 164 Å².